The van der Waals surface area contributed by atoms with E-state index >= 15 is 0 Å². The van der Waals surface area contributed by atoms with Crippen LogP contribution in [0.15, 0.2) is 55.4 Å². The topological polar surface area (TPSA) is 81.9 Å². The average molecular weight is 361 g/mol. The summed E-state index contributed by atoms with van der Waals surface area (Å²) >= 11 is 0. The molecule has 0 radical (unpaired) electrons. The van der Waals surface area contributed by atoms with Crippen LogP contribution < -0.4 is 10.1 Å². The lowest BCUT2D eigenvalue weighted by Gasteiger charge is -2.25. The Labute approximate surface area is 156 Å². The summed E-state index contributed by atoms with van der Waals surface area (Å²) in [5, 5.41) is 7.52. The van der Waals surface area contributed by atoms with Crippen molar-refractivity contribution < 1.29 is 9.53 Å². The largest absolute Gasteiger partial charge is 0.489 e. The summed E-state index contributed by atoms with van der Waals surface area (Å²) in [5.41, 5.74) is 2.73. The normalized spacial score (nSPS) is 15.7. The Kier molecular flexibility index (Phi) is 4.42. The summed E-state index contributed by atoms with van der Waals surface area (Å²) in [5.74, 6) is 1.53. The molecule has 0 aliphatic carbocycles. The first-order valence-electron chi connectivity index (χ1n) is 8.68. The maximum Gasteiger partial charge on any atom is 0.252 e. The van der Waals surface area contributed by atoms with Crippen LogP contribution in [0.2, 0.25) is 0 Å². The molecule has 1 amide bonds. The van der Waals surface area contributed by atoms with Gasteiger partial charge in [-0.2, -0.15) is 9.78 Å². The number of nitrogens with one attached hydrogen (secondary N) is 1. The number of aryl methyl sites for hydroxylation is 1. The van der Waals surface area contributed by atoms with E-state index in [0.29, 0.717) is 24.8 Å². The van der Waals surface area contributed by atoms with Crippen molar-refractivity contribution in [2.75, 3.05) is 11.9 Å². The van der Waals surface area contributed by atoms with Crippen molar-refractivity contribution in [3.8, 4) is 11.7 Å². The van der Waals surface area contributed by atoms with Gasteiger partial charge in [0.05, 0.1) is 5.69 Å². The second kappa shape index (κ2) is 7.03. The van der Waals surface area contributed by atoms with Gasteiger partial charge in [0.2, 0.25) is 5.91 Å². The minimum absolute atomic E-state index is 0.0805. The van der Waals surface area contributed by atoms with Crippen molar-refractivity contribution in [2.45, 2.75) is 19.3 Å². The van der Waals surface area contributed by atoms with Crippen LogP contribution in [0.1, 0.15) is 29.2 Å². The summed E-state index contributed by atoms with van der Waals surface area (Å²) in [6.07, 6.45) is 5.31. The second-order valence-electron chi connectivity index (χ2n) is 6.25. The molecule has 1 aliphatic rings. The zero-order valence-corrected chi connectivity index (χ0v) is 14.9. The number of carbonyl (C=O) groups excluding carboxylic acids is 1. The number of ether oxygens (including phenoxy) is 1. The van der Waals surface area contributed by atoms with Crippen molar-refractivity contribution in [2.24, 2.45) is 0 Å². The Morgan fingerprint density at radius 3 is 2.85 bits per heavy atom. The number of carbonyl (C=O) groups is 1. The molecule has 0 spiro atoms. The molecule has 7 nitrogen and oxygen atoms in total. The maximum absolute atomic E-state index is 12.5. The van der Waals surface area contributed by atoms with Crippen LogP contribution in [0.3, 0.4) is 0 Å². The van der Waals surface area contributed by atoms with E-state index in [1.807, 2.05) is 31.2 Å². The van der Waals surface area contributed by atoms with Gasteiger partial charge in [-0.05, 0) is 19.1 Å². The monoisotopic (exact) mass is 361 g/mol. The lowest BCUT2D eigenvalue weighted by molar-refractivity contribution is -0.116. The Morgan fingerprint density at radius 2 is 2.07 bits per heavy atom. The number of amides is 1. The maximum atomic E-state index is 12.5. The molecule has 0 unspecified atom stereocenters. The highest BCUT2D eigenvalue weighted by Crippen LogP contribution is 2.42. The van der Waals surface area contributed by atoms with Gasteiger partial charge in [0.15, 0.2) is 0 Å². The number of hydrogen-bond donors (Lipinski definition) is 1. The molecule has 7 heteroatoms. The second-order valence-corrected chi connectivity index (χ2v) is 6.25. The summed E-state index contributed by atoms with van der Waals surface area (Å²) in [4.78, 5) is 21.0. The molecule has 1 atom stereocenters. The van der Waals surface area contributed by atoms with Gasteiger partial charge in [0, 0.05) is 35.9 Å². The van der Waals surface area contributed by atoms with Crippen LogP contribution in [0, 0.1) is 6.92 Å². The zero-order chi connectivity index (χ0) is 18.8. The van der Waals surface area contributed by atoms with Crippen LogP contribution in [0.25, 0.3) is 5.95 Å². The third kappa shape index (κ3) is 3.08. The molecule has 2 aromatic heterocycles. The lowest BCUT2D eigenvalue weighted by atomic mass is 9.85. The third-order valence-electron chi connectivity index (χ3n) is 4.50. The summed E-state index contributed by atoms with van der Waals surface area (Å²) in [6, 6.07) is 9.50. The molecule has 27 heavy (non-hydrogen) atoms. The number of rotatable bonds is 5. The summed E-state index contributed by atoms with van der Waals surface area (Å²) in [6.45, 7) is 6.03. The van der Waals surface area contributed by atoms with E-state index in [1.165, 1.54) is 0 Å². The predicted molar refractivity (Wildman–Crippen MR) is 101 cm³/mol. The molecular formula is C20H19N5O2. The van der Waals surface area contributed by atoms with E-state index < -0.39 is 0 Å². The number of para-hydroxylation sites is 1. The minimum atomic E-state index is -0.160. The van der Waals surface area contributed by atoms with Crippen molar-refractivity contribution >= 4 is 11.7 Å². The number of nitrogens with zero attached hydrogens (tertiary/aromatic N) is 4. The number of aromatic nitrogens is 4. The molecule has 4 rings (SSSR count). The molecule has 0 saturated carbocycles. The van der Waals surface area contributed by atoms with Crippen LogP contribution in [-0.4, -0.2) is 32.3 Å². The quantitative estimate of drug-likeness (QED) is 0.707. The van der Waals surface area contributed by atoms with E-state index in [0.717, 1.165) is 22.6 Å². The molecule has 3 heterocycles. The van der Waals surface area contributed by atoms with E-state index in [4.69, 9.17) is 4.74 Å². The van der Waals surface area contributed by atoms with Crippen molar-refractivity contribution in [3.05, 3.63) is 72.2 Å². The molecule has 0 bridgehead atoms. The first-order valence-corrected chi connectivity index (χ1v) is 8.68. The van der Waals surface area contributed by atoms with E-state index in [2.05, 4.69) is 27.0 Å². The van der Waals surface area contributed by atoms with Crippen molar-refractivity contribution in [1.82, 2.24) is 19.7 Å². The van der Waals surface area contributed by atoms with Gasteiger partial charge >= 0.3 is 0 Å². The highest BCUT2D eigenvalue weighted by Gasteiger charge is 2.34. The molecule has 3 aromatic rings. The lowest BCUT2D eigenvalue weighted by Crippen LogP contribution is -2.25. The fourth-order valence-electron chi connectivity index (χ4n) is 3.41. The van der Waals surface area contributed by atoms with Gasteiger partial charge in [-0.3, -0.25) is 4.79 Å². The van der Waals surface area contributed by atoms with Crippen molar-refractivity contribution in [1.29, 1.82) is 0 Å². The highest BCUT2D eigenvalue weighted by atomic mass is 16.5. The van der Waals surface area contributed by atoms with Gasteiger partial charge in [-0.1, -0.05) is 30.9 Å². The van der Waals surface area contributed by atoms with Gasteiger partial charge in [-0.25, -0.2) is 9.97 Å². The summed E-state index contributed by atoms with van der Waals surface area (Å²) < 4.78 is 7.40. The number of fused-ring (bicyclic) bond motifs is 1. The molecule has 1 aromatic carbocycles. The van der Waals surface area contributed by atoms with E-state index in [-0.39, 0.29) is 11.8 Å². The van der Waals surface area contributed by atoms with Crippen LogP contribution in [0.5, 0.6) is 5.75 Å². The Morgan fingerprint density at radius 1 is 1.30 bits per heavy atom. The van der Waals surface area contributed by atoms with Crippen LogP contribution in [0.4, 0.5) is 5.82 Å². The smallest absolute Gasteiger partial charge is 0.252 e. The van der Waals surface area contributed by atoms with E-state index in [9.17, 15) is 4.79 Å². The Hall–Kier alpha value is -3.48. The molecular weight excluding hydrogens is 342 g/mol. The first kappa shape index (κ1) is 17.0. The SMILES string of the molecule is C=CCOc1ccccc1[C@@H]1CC(=O)Nc2c1c(C)nn2-c1ncccn1. The van der Waals surface area contributed by atoms with Gasteiger partial charge < -0.3 is 10.1 Å². The van der Waals surface area contributed by atoms with Gasteiger partial charge in [-0.15, -0.1) is 0 Å². The number of hydrogen-bond acceptors (Lipinski definition) is 5. The van der Waals surface area contributed by atoms with Crippen LogP contribution in [-0.2, 0) is 4.79 Å². The predicted octanol–water partition coefficient (Wildman–Crippen LogP) is 3.01. The fraction of sp³-hybridized carbons (Fsp3) is 0.200. The molecule has 0 saturated heterocycles. The van der Waals surface area contributed by atoms with Gasteiger partial charge in [0.25, 0.3) is 5.95 Å². The average Bonchev–Trinajstić information content (AvgIpc) is 3.03. The van der Waals surface area contributed by atoms with Gasteiger partial charge in [0.1, 0.15) is 18.2 Å². The zero-order valence-electron chi connectivity index (χ0n) is 14.9. The van der Waals surface area contributed by atoms with Crippen molar-refractivity contribution in [3.63, 3.8) is 0 Å². The first-order chi connectivity index (χ1) is 13.2. The Balaban J connectivity index is 1.85. The minimum Gasteiger partial charge on any atom is -0.489 e. The van der Waals surface area contributed by atoms with E-state index in [1.54, 1.807) is 29.2 Å². The summed E-state index contributed by atoms with van der Waals surface area (Å²) in [7, 11) is 0. The molecule has 0 fully saturated rings. The van der Waals surface area contributed by atoms with Crippen LogP contribution >= 0.6 is 0 Å². The third-order valence-corrected chi connectivity index (χ3v) is 4.50. The number of benzene rings is 1. The standard InChI is InChI=1S/C20H19N5O2/c1-3-11-27-16-8-5-4-7-14(16)15-12-17(26)23-19-18(15)13(2)24-25(19)20-21-9-6-10-22-20/h3-10,15H,1,11-12H2,2H3,(H,23,26)/t15-/m0/s1. The molecule has 1 N–H and O–H groups in total. The number of anilines is 1. The molecule has 136 valence electrons. The highest BCUT2D eigenvalue weighted by molar-refractivity contribution is 5.95. The molecule has 1 aliphatic heterocycles. The fourth-order valence-corrected chi connectivity index (χ4v) is 3.41. The Bertz CT molecular complexity index is 997.